The van der Waals surface area contributed by atoms with Gasteiger partial charge < -0.3 is 15.7 Å². The third-order valence-electron chi connectivity index (χ3n) is 2.49. The van der Waals surface area contributed by atoms with E-state index in [1.54, 1.807) is 12.4 Å². The maximum absolute atomic E-state index is 10.9. The van der Waals surface area contributed by atoms with Crippen LogP contribution in [0.5, 0.6) is 0 Å². The molecule has 6 heteroatoms. The molecule has 1 heterocycles. The number of hydrogen-bond acceptors (Lipinski definition) is 4. The number of aromatic nitrogens is 1. The van der Waals surface area contributed by atoms with E-state index in [1.807, 2.05) is 13.0 Å². The molecule has 1 amide bonds. The molecule has 0 spiro atoms. The van der Waals surface area contributed by atoms with E-state index in [0.29, 0.717) is 6.54 Å². The van der Waals surface area contributed by atoms with E-state index in [1.165, 1.54) is 6.92 Å². The van der Waals surface area contributed by atoms with Gasteiger partial charge >= 0.3 is 5.97 Å². The Morgan fingerprint density at radius 2 is 2.22 bits per heavy atom. The van der Waals surface area contributed by atoms with Crippen LogP contribution in [0.15, 0.2) is 18.5 Å². The monoisotopic (exact) mass is 251 g/mol. The van der Waals surface area contributed by atoms with Crippen LogP contribution in [0.3, 0.4) is 0 Å². The number of pyridine rings is 1. The first kappa shape index (κ1) is 14.1. The van der Waals surface area contributed by atoms with Gasteiger partial charge in [-0.2, -0.15) is 0 Å². The summed E-state index contributed by atoms with van der Waals surface area (Å²) in [5.74, 6) is -1.41. The molecule has 1 rings (SSSR count). The highest BCUT2D eigenvalue weighted by Crippen LogP contribution is 2.03. The normalized spacial score (nSPS) is 11.9. The molecule has 98 valence electrons. The lowest BCUT2D eigenvalue weighted by molar-refractivity contribution is -0.141. The van der Waals surface area contributed by atoms with Crippen molar-refractivity contribution in [1.29, 1.82) is 0 Å². The second-order valence-corrected chi connectivity index (χ2v) is 4.02. The van der Waals surface area contributed by atoms with Gasteiger partial charge in [-0.1, -0.05) is 0 Å². The Hall–Kier alpha value is -1.95. The van der Waals surface area contributed by atoms with Crippen molar-refractivity contribution in [2.45, 2.75) is 26.4 Å². The topological polar surface area (TPSA) is 91.3 Å². The largest absolute Gasteiger partial charge is 0.480 e. The number of rotatable bonds is 6. The van der Waals surface area contributed by atoms with Gasteiger partial charge in [0.25, 0.3) is 0 Å². The van der Waals surface area contributed by atoms with Crippen LogP contribution in [-0.2, 0) is 16.1 Å². The van der Waals surface area contributed by atoms with E-state index >= 15 is 0 Å². The van der Waals surface area contributed by atoms with Crippen molar-refractivity contribution in [3.05, 3.63) is 29.6 Å². The minimum atomic E-state index is -1.05. The highest BCUT2D eigenvalue weighted by molar-refractivity contribution is 5.82. The fourth-order valence-electron chi connectivity index (χ4n) is 1.48. The zero-order valence-electron chi connectivity index (χ0n) is 10.4. The van der Waals surface area contributed by atoms with Crippen LogP contribution in [0.2, 0.25) is 0 Å². The van der Waals surface area contributed by atoms with E-state index in [9.17, 15) is 9.59 Å². The summed E-state index contributed by atoms with van der Waals surface area (Å²) in [6, 6.07) is 0.971. The molecule has 1 unspecified atom stereocenters. The smallest absolute Gasteiger partial charge is 0.327 e. The Morgan fingerprint density at radius 1 is 1.50 bits per heavy atom. The number of hydrogen-bond donors (Lipinski definition) is 3. The van der Waals surface area contributed by atoms with Crippen molar-refractivity contribution in [1.82, 2.24) is 15.6 Å². The van der Waals surface area contributed by atoms with Crippen molar-refractivity contribution >= 4 is 11.9 Å². The van der Waals surface area contributed by atoms with Crippen LogP contribution in [0.25, 0.3) is 0 Å². The second-order valence-electron chi connectivity index (χ2n) is 4.02. The minimum absolute atomic E-state index is 0.170. The molecule has 1 atom stereocenters. The molecular weight excluding hydrogens is 234 g/mol. The van der Waals surface area contributed by atoms with E-state index < -0.39 is 12.0 Å². The summed E-state index contributed by atoms with van der Waals surface area (Å²) in [7, 11) is 0. The molecule has 3 N–H and O–H groups in total. The van der Waals surface area contributed by atoms with Crippen molar-refractivity contribution in [2.75, 3.05) is 6.54 Å². The fraction of sp³-hybridized carbons (Fsp3) is 0.417. The number of aliphatic carboxylic acids is 1. The summed E-state index contributed by atoms with van der Waals surface area (Å²) < 4.78 is 0. The summed E-state index contributed by atoms with van der Waals surface area (Å²) in [5.41, 5.74) is 2.09. The molecule has 18 heavy (non-hydrogen) atoms. The van der Waals surface area contributed by atoms with Gasteiger partial charge in [0, 0.05) is 32.4 Å². The summed E-state index contributed by atoms with van der Waals surface area (Å²) in [6.07, 6.45) is 3.44. The highest BCUT2D eigenvalue weighted by atomic mass is 16.4. The van der Waals surface area contributed by atoms with Crippen LogP contribution in [-0.4, -0.2) is 34.6 Å². The van der Waals surface area contributed by atoms with Crippen LogP contribution in [0, 0.1) is 6.92 Å². The van der Waals surface area contributed by atoms with Gasteiger partial charge in [-0.3, -0.25) is 9.78 Å². The quantitative estimate of drug-likeness (QED) is 0.665. The minimum Gasteiger partial charge on any atom is -0.480 e. The predicted octanol–water partition coefficient (Wildman–Crippen LogP) is 0.0689. The standard InChI is InChI=1S/C12H17N3O3/c1-8-3-4-13-5-10(8)6-14-7-11(12(17)18)15-9(2)16/h3-5,11,14H,6-7H2,1-2H3,(H,15,16)(H,17,18). The number of nitrogens with zero attached hydrogens (tertiary/aromatic N) is 1. The van der Waals surface area contributed by atoms with Crippen LogP contribution >= 0.6 is 0 Å². The summed E-state index contributed by atoms with van der Waals surface area (Å²) in [5, 5.41) is 14.3. The van der Waals surface area contributed by atoms with Crippen molar-refractivity contribution < 1.29 is 14.7 Å². The molecule has 0 saturated carbocycles. The molecule has 0 aliphatic carbocycles. The molecule has 6 nitrogen and oxygen atoms in total. The zero-order valence-corrected chi connectivity index (χ0v) is 10.4. The Bertz CT molecular complexity index is 434. The summed E-state index contributed by atoms with van der Waals surface area (Å²) in [6.45, 7) is 3.94. The number of nitrogens with one attached hydrogen (secondary N) is 2. The van der Waals surface area contributed by atoms with E-state index in [0.717, 1.165) is 11.1 Å². The summed E-state index contributed by atoms with van der Waals surface area (Å²) >= 11 is 0. The first-order chi connectivity index (χ1) is 8.50. The maximum Gasteiger partial charge on any atom is 0.327 e. The number of carboxylic acid groups (broad SMARTS) is 1. The average molecular weight is 251 g/mol. The van der Waals surface area contributed by atoms with Gasteiger partial charge in [0.05, 0.1) is 0 Å². The highest BCUT2D eigenvalue weighted by Gasteiger charge is 2.17. The van der Waals surface area contributed by atoms with Gasteiger partial charge in [-0.25, -0.2) is 4.79 Å². The van der Waals surface area contributed by atoms with Crippen LogP contribution < -0.4 is 10.6 Å². The third kappa shape index (κ3) is 4.50. The average Bonchev–Trinajstić information content (AvgIpc) is 2.29. The van der Waals surface area contributed by atoms with E-state index in [2.05, 4.69) is 15.6 Å². The van der Waals surface area contributed by atoms with Gasteiger partial charge in [-0.15, -0.1) is 0 Å². The number of carbonyl (C=O) groups is 2. The van der Waals surface area contributed by atoms with Gasteiger partial charge in [-0.05, 0) is 24.1 Å². The molecule has 1 aromatic heterocycles. The number of carbonyl (C=O) groups excluding carboxylic acids is 1. The number of amides is 1. The first-order valence-electron chi connectivity index (χ1n) is 5.61. The number of aryl methyl sites for hydroxylation is 1. The van der Waals surface area contributed by atoms with Crippen molar-refractivity contribution in [3.8, 4) is 0 Å². The van der Waals surface area contributed by atoms with Gasteiger partial charge in [0.2, 0.25) is 5.91 Å². The lowest BCUT2D eigenvalue weighted by Gasteiger charge is -2.14. The Kier molecular flexibility index (Phi) is 5.26. The van der Waals surface area contributed by atoms with Crippen LogP contribution in [0.1, 0.15) is 18.1 Å². The van der Waals surface area contributed by atoms with Crippen molar-refractivity contribution in [2.24, 2.45) is 0 Å². The number of carboxylic acids is 1. The van der Waals surface area contributed by atoms with Gasteiger partial charge in [0.15, 0.2) is 0 Å². The fourth-order valence-corrected chi connectivity index (χ4v) is 1.48. The molecule has 0 aliphatic rings. The van der Waals surface area contributed by atoms with Crippen molar-refractivity contribution in [3.63, 3.8) is 0 Å². The van der Waals surface area contributed by atoms with E-state index in [-0.39, 0.29) is 12.5 Å². The molecular formula is C12H17N3O3. The van der Waals surface area contributed by atoms with Gasteiger partial charge in [0.1, 0.15) is 6.04 Å². The SMILES string of the molecule is CC(=O)NC(CNCc1cnccc1C)C(=O)O. The molecule has 0 saturated heterocycles. The summed E-state index contributed by atoms with van der Waals surface area (Å²) in [4.78, 5) is 25.7. The molecule has 0 radical (unpaired) electrons. The zero-order chi connectivity index (χ0) is 13.5. The molecule has 0 fully saturated rings. The first-order valence-corrected chi connectivity index (χ1v) is 5.61. The molecule has 0 bridgehead atoms. The van der Waals surface area contributed by atoms with E-state index in [4.69, 9.17) is 5.11 Å². The third-order valence-corrected chi connectivity index (χ3v) is 2.49. The Balaban J connectivity index is 2.46. The molecule has 1 aromatic rings. The Morgan fingerprint density at radius 3 is 2.78 bits per heavy atom. The lowest BCUT2D eigenvalue weighted by atomic mass is 10.1. The van der Waals surface area contributed by atoms with Crippen LogP contribution in [0.4, 0.5) is 0 Å². The predicted molar refractivity (Wildman–Crippen MR) is 65.9 cm³/mol. The lowest BCUT2D eigenvalue weighted by Crippen LogP contribution is -2.46. The maximum atomic E-state index is 10.9. The second kappa shape index (κ2) is 6.70. The molecule has 0 aromatic carbocycles. The molecule has 0 aliphatic heterocycles. The Labute approximate surface area is 105 Å².